The predicted molar refractivity (Wildman–Crippen MR) is 243 cm³/mol. The van der Waals surface area contributed by atoms with Gasteiger partial charge in [0.05, 0.1) is 52.9 Å². The average molecular weight is 883 g/mol. The molecule has 0 radical (unpaired) electrons. The zero-order chi connectivity index (χ0) is 44.5. The molecule has 2 aliphatic rings. The number of aliphatic hydroxyl groups excluding tert-OH is 2. The zero-order valence-corrected chi connectivity index (χ0v) is 36.3. The van der Waals surface area contributed by atoms with E-state index in [0.29, 0.717) is 6.61 Å². The van der Waals surface area contributed by atoms with Crippen LogP contribution < -0.4 is 0 Å². The van der Waals surface area contributed by atoms with Crippen LogP contribution in [0.4, 0.5) is 0 Å². The van der Waals surface area contributed by atoms with Crippen molar-refractivity contribution in [3.05, 3.63) is 215 Å². The van der Waals surface area contributed by atoms with Gasteiger partial charge in [0.15, 0.2) is 12.6 Å². The fourth-order valence-corrected chi connectivity index (χ4v) is 8.05. The van der Waals surface area contributed by atoms with Crippen molar-refractivity contribution in [1.82, 2.24) is 0 Å². The highest BCUT2D eigenvalue weighted by atomic mass is 16.7. The topological polar surface area (TPSA) is 124 Å². The zero-order valence-electron chi connectivity index (χ0n) is 36.3. The lowest BCUT2D eigenvalue weighted by molar-refractivity contribution is -0.344. The lowest BCUT2D eigenvalue weighted by atomic mass is 9.97. The van der Waals surface area contributed by atoms with Gasteiger partial charge >= 0.3 is 0 Å². The molecule has 6 aromatic carbocycles. The molecule has 11 nitrogen and oxygen atoms in total. The van der Waals surface area contributed by atoms with Gasteiger partial charge in [0.1, 0.15) is 48.8 Å². The van der Waals surface area contributed by atoms with E-state index in [0.717, 1.165) is 33.4 Å². The summed E-state index contributed by atoms with van der Waals surface area (Å²) in [5.74, 6) is 0. The highest BCUT2D eigenvalue weighted by molar-refractivity contribution is 5.18. The van der Waals surface area contributed by atoms with Crippen LogP contribution in [-0.2, 0) is 82.3 Å². The molecule has 2 aliphatic heterocycles. The molecule has 2 fully saturated rings. The van der Waals surface area contributed by atoms with Gasteiger partial charge in [0.2, 0.25) is 0 Å². The van der Waals surface area contributed by atoms with Crippen molar-refractivity contribution in [2.45, 2.75) is 101 Å². The number of rotatable bonds is 22. The first-order chi connectivity index (χ1) is 32.1. The van der Waals surface area contributed by atoms with Gasteiger partial charge in [-0.1, -0.05) is 182 Å². The molecule has 2 N–H and O–H groups in total. The number of ether oxygens (including phenoxy) is 9. The van der Waals surface area contributed by atoms with Crippen molar-refractivity contribution in [2.75, 3.05) is 13.2 Å². The highest BCUT2D eigenvalue weighted by Crippen LogP contribution is 2.33. The second-order valence-corrected chi connectivity index (χ2v) is 16.2. The van der Waals surface area contributed by atoms with Gasteiger partial charge in [0.25, 0.3) is 0 Å². The van der Waals surface area contributed by atoms with Crippen molar-refractivity contribution in [3.63, 3.8) is 0 Å². The summed E-state index contributed by atoms with van der Waals surface area (Å²) in [7, 11) is 0. The van der Waals surface area contributed by atoms with Crippen molar-refractivity contribution in [1.29, 1.82) is 0 Å². The van der Waals surface area contributed by atoms with Gasteiger partial charge in [-0.2, -0.15) is 0 Å². The summed E-state index contributed by atoms with van der Waals surface area (Å²) in [5.41, 5.74) is 5.68. The number of hydrogen-bond acceptors (Lipinski definition) is 11. The Kier molecular flexibility index (Phi) is 17.4. The summed E-state index contributed by atoms with van der Waals surface area (Å²) in [6, 6.07) is 58.8. The van der Waals surface area contributed by atoms with E-state index < -0.39 is 61.4 Å². The minimum Gasteiger partial charge on any atom is -0.385 e. The smallest absolute Gasteiger partial charge is 0.186 e. The van der Waals surface area contributed by atoms with Crippen molar-refractivity contribution >= 4 is 0 Å². The van der Waals surface area contributed by atoms with E-state index >= 15 is 0 Å². The van der Waals surface area contributed by atoms with Gasteiger partial charge in [-0.3, -0.25) is 0 Å². The molecule has 65 heavy (non-hydrogen) atoms. The van der Waals surface area contributed by atoms with Crippen LogP contribution in [0.5, 0.6) is 0 Å². The molecule has 0 unspecified atom stereocenters. The lowest BCUT2D eigenvalue weighted by Gasteiger charge is -2.46. The normalized spacial score (nSPS) is 25.6. The summed E-state index contributed by atoms with van der Waals surface area (Å²) in [4.78, 5) is 0. The van der Waals surface area contributed by atoms with E-state index in [1.165, 1.54) is 0 Å². The molecule has 0 saturated carbocycles. The Morgan fingerprint density at radius 2 is 0.646 bits per heavy atom. The van der Waals surface area contributed by atoms with Gasteiger partial charge < -0.3 is 52.8 Å². The van der Waals surface area contributed by atoms with Crippen LogP contribution >= 0.6 is 0 Å². The van der Waals surface area contributed by atoms with Crippen LogP contribution in [-0.4, -0.2) is 84.8 Å². The van der Waals surface area contributed by atoms with E-state index in [1.807, 2.05) is 182 Å². The second-order valence-electron chi connectivity index (χ2n) is 16.2. The first-order valence-corrected chi connectivity index (χ1v) is 22.3. The van der Waals surface area contributed by atoms with Gasteiger partial charge in [0, 0.05) is 0 Å². The maximum atomic E-state index is 12.2. The second kappa shape index (κ2) is 24.4. The molecule has 2 heterocycles. The predicted octanol–water partition coefficient (Wildman–Crippen LogP) is 7.95. The molecule has 0 aliphatic carbocycles. The van der Waals surface area contributed by atoms with Gasteiger partial charge in [-0.15, -0.1) is 0 Å². The van der Waals surface area contributed by atoms with E-state index in [-0.39, 0.29) is 46.2 Å². The van der Waals surface area contributed by atoms with Crippen LogP contribution in [0, 0.1) is 0 Å². The average Bonchev–Trinajstić information content (AvgIpc) is 3.36. The number of aliphatic hydroxyl groups is 2. The molecule has 10 atom stereocenters. The molecule has 0 amide bonds. The van der Waals surface area contributed by atoms with E-state index in [2.05, 4.69) is 0 Å². The summed E-state index contributed by atoms with van der Waals surface area (Å²) in [5, 5.41) is 24.0. The van der Waals surface area contributed by atoms with Crippen LogP contribution in [0.25, 0.3) is 0 Å². The Balaban J connectivity index is 1.05. The summed E-state index contributed by atoms with van der Waals surface area (Å²) in [6.45, 7) is 1.39. The molecule has 2 saturated heterocycles. The lowest BCUT2D eigenvalue weighted by Crippen LogP contribution is -2.63. The quantitative estimate of drug-likeness (QED) is 0.0691. The Labute approximate surface area is 381 Å². The first kappa shape index (κ1) is 46.4. The summed E-state index contributed by atoms with van der Waals surface area (Å²) < 4.78 is 58.8. The molecule has 340 valence electrons. The van der Waals surface area contributed by atoms with Crippen molar-refractivity contribution in [2.24, 2.45) is 0 Å². The van der Waals surface area contributed by atoms with Crippen LogP contribution in [0.15, 0.2) is 182 Å². The number of benzene rings is 6. The Bertz CT molecular complexity index is 2210. The monoisotopic (exact) mass is 882 g/mol. The molecule has 0 bridgehead atoms. The molecule has 6 aromatic rings. The summed E-state index contributed by atoms with van der Waals surface area (Å²) >= 11 is 0. The molecule has 0 spiro atoms. The minimum atomic E-state index is -1.42. The molecule has 8 rings (SSSR count). The Hall–Kier alpha value is -5.12. The maximum Gasteiger partial charge on any atom is 0.186 e. The van der Waals surface area contributed by atoms with Crippen LogP contribution in [0.2, 0.25) is 0 Å². The van der Waals surface area contributed by atoms with E-state index in [4.69, 9.17) is 42.6 Å². The fraction of sp³-hybridized carbons (Fsp3) is 0.333. The third kappa shape index (κ3) is 13.5. The maximum absolute atomic E-state index is 12.2. The highest BCUT2D eigenvalue weighted by Gasteiger charge is 2.51. The van der Waals surface area contributed by atoms with Crippen LogP contribution in [0.1, 0.15) is 33.4 Å². The first-order valence-electron chi connectivity index (χ1n) is 22.3. The molecular formula is C54H58O11. The molecule has 0 aromatic heterocycles. The third-order valence-corrected chi connectivity index (χ3v) is 11.5. The van der Waals surface area contributed by atoms with Gasteiger partial charge in [-0.05, 0) is 33.4 Å². The van der Waals surface area contributed by atoms with Crippen molar-refractivity contribution < 1.29 is 52.8 Å². The van der Waals surface area contributed by atoms with E-state index in [1.54, 1.807) is 0 Å². The van der Waals surface area contributed by atoms with Crippen molar-refractivity contribution in [3.8, 4) is 0 Å². The minimum absolute atomic E-state index is 0.114. The SMILES string of the molecule is O[C@H]1[C@@H](OC[C@H]2O[C@H](O)[C@@H](OCc3ccccc3)[C@@H](OCc3ccccc3)[C@@H]2OCc2ccccc2)O[C@H](COCc2ccccc2)[C@@H](OCc2ccccc2)[C@@H]1OCc1ccccc1. The van der Waals surface area contributed by atoms with Crippen LogP contribution in [0.3, 0.4) is 0 Å². The number of hydrogen-bond donors (Lipinski definition) is 2. The third-order valence-electron chi connectivity index (χ3n) is 11.5. The largest absolute Gasteiger partial charge is 0.385 e. The molecular weight excluding hydrogens is 825 g/mol. The molecule has 11 heteroatoms. The fourth-order valence-electron chi connectivity index (χ4n) is 8.05. The van der Waals surface area contributed by atoms with Gasteiger partial charge in [-0.25, -0.2) is 0 Å². The Morgan fingerprint density at radius 1 is 0.323 bits per heavy atom. The Morgan fingerprint density at radius 3 is 1.06 bits per heavy atom. The van der Waals surface area contributed by atoms with E-state index in [9.17, 15) is 10.2 Å². The standard InChI is InChI=1S/C54H58O11/c55-47-50(60-34-42-25-13-4-14-26-42)48(58-32-40-21-9-2-10-22-40)45(37-57-31-39-19-7-1-8-20-39)65-54(47)63-38-46-49(59-33-41-23-11-3-12-24-41)51(61-35-43-27-15-5-16-28-43)52(53(56)64-46)62-36-44-29-17-6-18-30-44/h1-30,45-56H,31-38H2/t45-,46-,47-,48-,49-,50-,51+,52+,53+,54+/m1/s1. The summed E-state index contributed by atoms with van der Waals surface area (Å²) in [6.07, 6.45) is -9.77.